The van der Waals surface area contributed by atoms with Gasteiger partial charge >= 0.3 is 0 Å². The number of pyridine rings is 1. The number of nitrogen functional groups attached to an aromatic ring is 1. The molecular formula is C14H17BrN4. The van der Waals surface area contributed by atoms with Gasteiger partial charge in [0.05, 0.1) is 10.2 Å². The second-order valence-electron chi connectivity index (χ2n) is 4.96. The zero-order valence-electron chi connectivity index (χ0n) is 11.3. The Balaban J connectivity index is 2.54. The normalized spacial score (nSPS) is 11.0. The average Bonchev–Trinajstić information content (AvgIpc) is 2.35. The SMILES string of the molecule is Cc1cccnc1-c1nc(N)c(Br)c(CC(C)C)n1. The van der Waals surface area contributed by atoms with E-state index in [1.54, 1.807) is 6.20 Å². The third-order valence-electron chi connectivity index (χ3n) is 2.77. The van der Waals surface area contributed by atoms with E-state index in [1.807, 2.05) is 19.1 Å². The maximum atomic E-state index is 5.96. The second kappa shape index (κ2) is 5.65. The maximum absolute atomic E-state index is 5.96. The van der Waals surface area contributed by atoms with E-state index in [0.717, 1.165) is 27.8 Å². The molecule has 0 aliphatic carbocycles. The van der Waals surface area contributed by atoms with Crippen molar-refractivity contribution in [2.75, 3.05) is 5.73 Å². The average molecular weight is 321 g/mol. The Morgan fingerprint density at radius 2 is 2.05 bits per heavy atom. The van der Waals surface area contributed by atoms with Crippen LogP contribution in [0.15, 0.2) is 22.8 Å². The second-order valence-corrected chi connectivity index (χ2v) is 5.75. The fraction of sp³-hybridized carbons (Fsp3) is 0.357. The van der Waals surface area contributed by atoms with Crippen LogP contribution in [0.5, 0.6) is 0 Å². The largest absolute Gasteiger partial charge is 0.383 e. The fourth-order valence-electron chi connectivity index (χ4n) is 1.86. The van der Waals surface area contributed by atoms with Gasteiger partial charge in [0.15, 0.2) is 5.82 Å². The van der Waals surface area contributed by atoms with E-state index in [2.05, 4.69) is 44.7 Å². The molecule has 19 heavy (non-hydrogen) atoms. The van der Waals surface area contributed by atoms with Crippen molar-refractivity contribution in [3.8, 4) is 11.5 Å². The van der Waals surface area contributed by atoms with Crippen molar-refractivity contribution in [2.45, 2.75) is 27.2 Å². The topological polar surface area (TPSA) is 64.7 Å². The monoisotopic (exact) mass is 320 g/mol. The molecule has 0 saturated heterocycles. The van der Waals surface area contributed by atoms with Crippen LogP contribution < -0.4 is 5.73 Å². The number of hydrogen-bond donors (Lipinski definition) is 1. The van der Waals surface area contributed by atoms with Crippen LogP contribution in [-0.4, -0.2) is 15.0 Å². The first-order valence-electron chi connectivity index (χ1n) is 6.23. The first kappa shape index (κ1) is 13.9. The van der Waals surface area contributed by atoms with Crippen LogP contribution in [0.1, 0.15) is 25.1 Å². The summed E-state index contributed by atoms with van der Waals surface area (Å²) in [5.74, 6) is 1.56. The van der Waals surface area contributed by atoms with Gasteiger partial charge in [-0.1, -0.05) is 19.9 Å². The van der Waals surface area contributed by atoms with Crippen LogP contribution in [0, 0.1) is 12.8 Å². The van der Waals surface area contributed by atoms with Crippen LogP contribution in [0.2, 0.25) is 0 Å². The van der Waals surface area contributed by atoms with E-state index in [9.17, 15) is 0 Å². The van der Waals surface area contributed by atoms with Crippen molar-refractivity contribution in [3.63, 3.8) is 0 Å². The van der Waals surface area contributed by atoms with E-state index in [0.29, 0.717) is 17.6 Å². The fourth-order valence-corrected chi connectivity index (χ4v) is 2.20. The summed E-state index contributed by atoms with van der Waals surface area (Å²) in [6.07, 6.45) is 2.60. The molecule has 0 spiro atoms. The van der Waals surface area contributed by atoms with Gasteiger partial charge in [0, 0.05) is 6.20 Å². The quantitative estimate of drug-likeness (QED) is 0.941. The van der Waals surface area contributed by atoms with Crippen LogP contribution in [0.4, 0.5) is 5.82 Å². The van der Waals surface area contributed by atoms with Crippen LogP contribution >= 0.6 is 15.9 Å². The van der Waals surface area contributed by atoms with Crippen molar-refractivity contribution in [1.29, 1.82) is 0 Å². The van der Waals surface area contributed by atoms with E-state index >= 15 is 0 Å². The number of nitrogens with two attached hydrogens (primary N) is 1. The predicted molar refractivity (Wildman–Crippen MR) is 80.7 cm³/mol. The Morgan fingerprint density at radius 1 is 1.32 bits per heavy atom. The molecule has 0 fully saturated rings. The van der Waals surface area contributed by atoms with Gasteiger partial charge in [0.25, 0.3) is 0 Å². The molecular weight excluding hydrogens is 304 g/mol. The van der Waals surface area contributed by atoms with Crippen LogP contribution in [-0.2, 0) is 6.42 Å². The lowest BCUT2D eigenvalue weighted by Crippen LogP contribution is -2.06. The number of rotatable bonds is 3. The van der Waals surface area contributed by atoms with Crippen molar-refractivity contribution in [2.24, 2.45) is 5.92 Å². The zero-order valence-corrected chi connectivity index (χ0v) is 12.9. The predicted octanol–water partition coefficient (Wildman–Crippen LogP) is 3.39. The Hall–Kier alpha value is -1.49. The third kappa shape index (κ3) is 3.10. The first-order valence-corrected chi connectivity index (χ1v) is 7.02. The molecule has 0 saturated carbocycles. The smallest absolute Gasteiger partial charge is 0.180 e. The standard InChI is InChI=1S/C14H17BrN4/c1-8(2)7-10-11(15)13(16)19-14(18-10)12-9(3)5-4-6-17-12/h4-6,8H,7H2,1-3H3,(H2,16,18,19). The van der Waals surface area contributed by atoms with E-state index in [1.165, 1.54) is 0 Å². The van der Waals surface area contributed by atoms with Gasteiger partial charge in [-0.3, -0.25) is 4.98 Å². The summed E-state index contributed by atoms with van der Waals surface area (Å²) in [5.41, 5.74) is 8.72. The molecule has 0 amide bonds. The first-order chi connectivity index (χ1) is 8.99. The Kier molecular flexibility index (Phi) is 4.14. The lowest BCUT2D eigenvalue weighted by molar-refractivity contribution is 0.632. The number of halogens is 1. The molecule has 2 N–H and O–H groups in total. The Morgan fingerprint density at radius 3 is 2.68 bits per heavy atom. The van der Waals surface area contributed by atoms with Crippen LogP contribution in [0.3, 0.4) is 0 Å². The molecule has 0 bridgehead atoms. The summed E-state index contributed by atoms with van der Waals surface area (Å²) in [7, 11) is 0. The molecule has 5 heteroatoms. The van der Waals surface area contributed by atoms with E-state index < -0.39 is 0 Å². The molecule has 0 aromatic carbocycles. The number of hydrogen-bond acceptors (Lipinski definition) is 4. The van der Waals surface area contributed by atoms with Crippen molar-refractivity contribution in [1.82, 2.24) is 15.0 Å². The highest BCUT2D eigenvalue weighted by atomic mass is 79.9. The summed E-state index contributed by atoms with van der Waals surface area (Å²) in [4.78, 5) is 13.3. The minimum atomic E-state index is 0.464. The summed E-state index contributed by atoms with van der Waals surface area (Å²) < 4.78 is 0.790. The van der Waals surface area contributed by atoms with Gasteiger partial charge < -0.3 is 5.73 Å². The van der Waals surface area contributed by atoms with Gasteiger partial charge in [-0.2, -0.15) is 0 Å². The molecule has 2 aromatic heterocycles. The molecule has 2 heterocycles. The molecule has 0 aliphatic heterocycles. The minimum absolute atomic E-state index is 0.464. The molecule has 4 nitrogen and oxygen atoms in total. The van der Waals surface area contributed by atoms with Crippen molar-refractivity contribution in [3.05, 3.63) is 34.1 Å². The van der Waals surface area contributed by atoms with Gasteiger partial charge in [-0.05, 0) is 46.8 Å². The number of anilines is 1. The summed E-state index contributed by atoms with van der Waals surface area (Å²) in [6.45, 7) is 6.29. The van der Waals surface area contributed by atoms with Gasteiger partial charge in [0.2, 0.25) is 0 Å². The van der Waals surface area contributed by atoms with Crippen molar-refractivity contribution >= 4 is 21.7 Å². The molecule has 2 rings (SSSR count). The van der Waals surface area contributed by atoms with Gasteiger partial charge in [-0.15, -0.1) is 0 Å². The summed E-state index contributed by atoms with van der Waals surface area (Å²) in [5, 5.41) is 0. The van der Waals surface area contributed by atoms with Crippen molar-refractivity contribution < 1.29 is 0 Å². The summed E-state index contributed by atoms with van der Waals surface area (Å²) >= 11 is 3.46. The minimum Gasteiger partial charge on any atom is -0.383 e. The van der Waals surface area contributed by atoms with Gasteiger partial charge in [0.1, 0.15) is 11.5 Å². The maximum Gasteiger partial charge on any atom is 0.180 e. The summed E-state index contributed by atoms with van der Waals surface area (Å²) in [6, 6.07) is 3.89. The van der Waals surface area contributed by atoms with Crippen LogP contribution in [0.25, 0.3) is 11.5 Å². The molecule has 2 aromatic rings. The highest BCUT2D eigenvalue weighted by Crippen LogP contribution is 2.27. The zero-order chi connectivity index (χ0) is 14.0. The van der Waals surface area contributed by atoms with E-state index in [-0.39, 0.29) is 0 Å². The Labute approximate surface area is 121 Å². The number of nitrogens with zero attached hydrogens (tertiary/aromatic N) is 3. The van der Waals surface area contributed by atoms with Gasteiger partial charge in [-0.25, -0.2) is 9.97 Å². The highest BCUT2D eigenvalue weighted by Gasteiger charge is 2.14. The lowest BCUT2D eigenvalue weighted by atomic mass is 10.1. The number of aryl methyl sites for hydroxylation is 1. The Bertz CT molecular complexity index is 596. The lowest BCUT2D eigenvalue weighted by Gasteiger charge is -2.11. The van der Waals surface area contributed by atoms with E-state index in [4.69, 9.17) is 5.73 Å². The highest BCUT2D eigenvalue weighted by molar-refractivity contribution is 9.10. The molecule has 0 atom stereocenters. The molecule has 0 radical (unpaired) electrons. The molecule has 100 valence electrons. The number of aromatic nitrogens is 3. The third-order valence-corrected chi connectivity index (χ3v) is 3.63. The molecule has 0 unspecified atom stereocenters. The molecule has 0 aliphatic rings.